The first kappa shape index (κ1) is 19.3. The Morgan fingerprint density at radius 1 is 1.28 bits per heavy atom. The third-order valence-corrected chi connectivity index (χ3v) is 5.45. The zero-order valence-corrected chi connectivity index (χ0v) is 16.9. The number of aryl methyl sites for hydroxylation is 3. The van der Waals surface area contributed by atoms with Crippen LogP contribution in [-0.2, 0) is 16.1 Å². The Morgan fingerprint density at radius 2 is 2.10 bits per heavy atom. The van der Waals surface area contributed by atoms with Gasteiger partial charge in [0.15, 0.2) is 0 Å². The molecular formula is C21H25N5O3. The van der Waals surface area contributed by atoms with Gasteiger partial charge in [-0.15, -0.1) is 0 Å². The number of rotatable bonds is 5. The molecule has 1 unspecified atom stereocenters. The smallest absolute Gasteiger partial charge is 0.293 e. The summed E-state index contributed by atoms with van der Waals surface area (Å²) < 4.78 is 8.35. The summed E-state index contributed by atoms with van der Waals surface area (Å²) >= 11 is 0. The zero-order valence-electron chi connectivity index (χ0n) is 16.9. The molecule has 0 bridgehead atoms. The fourth-order valence-corrected chi connectivity index (χ4v) is 3.61. The second kappa shape index (κ2) is 7.79. The highest BCUT2D eigenvalue weighted by atomic mass is 16.5. The molecule has 8 nitrogen and oxygen atoms in total. The minimum absolute atomic E-state index is 0.0547. The van der Waals surface area contributed by atoms with E-state index in [2.05, 4.69) is 15.5 Å². The molecule has 1 fully saturated rings. The van der Waals surface area contributed by atoms with Crippen LogP contribution in [0.15, 0.2) is 29.2 Å². The normalized spacial score (nSPS) is 16.4. The van der Waals surface area contributed by atoms with Crippen LogP contribution in [0.3, 0.4) is 0 Å². The summed E-state index contributed by atoms with van der Waals surface area (Å²) in [5, 5.41) is 12.3. The molecule has 4 rings (SSSR count). The predicted molar refractivity (Wildman–Crippen MR) is 109 cm³/mol. The van der Waals surface area contributed by atoms with Crippen LogP contribution in [0.1, 0.15) is 29.7 Å². The minimum Gasteiger partial charge on any atom is -0.376 e. The lowest BCUT2D eigenvalue weighted by atomic mass is 10.1. The van der Waals surface area contributed by atoms with E-state index in [1.54, 1.807) is 10.9 Å². The number of ether oxygens (including phenoxy) is 1. The number of carbonyl (C=O) groups excluding carboxylic acids is 1. The highest BCUT2D eigenvalue weighted by molar-refractivity contribution is 5.82. The number of aromatic nitrogens is 4. The van der Waals surface area contributed by atoms with Crippen LogP contribution in [0.2, 0.25) is 0 Å². The van der Waals surface area contributed by atoms with Gasteiger partial charge in [-0.1, -0.05) is 6.07 Å². The van der Waals surface area contributed by atoms with Gasteiger partial charge in [-0.3, -0.25) is 9.59 Å². The molecule has 29 heavy (non-hydrogen) atoms. The SMILES string of the molecule is Cc1ccc(-n2ncc3c(C)nn(CC(=O)NCC4CCCO4)c(=O)c32)cc1C. The topological polar surface area (TPSA) is 91.0 Å². The van der Waals surface area contributed by atoms with Crippen LogP contribution in [0.25, 0.3) is 16.6 Å². The molecule has 1 saturated heterocycles. The second-order valence-electron chi connectivity index (χ2n) is 7.57. The molecule has 1 N–H and O–H groups in total. The van der Waals surface area contributed by atoms with Crippen molar-refractivity contribution in [1.29, 1.82) is 0 Å². The highest BCUT2D eigenvalue weighted by Crippen LogP contribution is 2.19. The molecule has 3 aromatic rings. The lowest BCUT2D eigenvalue weighted by Crippen LogP contribution is -2.37. The first-order valence-corrected chi connectivity index (χ1v) is 9.85. The van der Waals surface area contributed by atoms with Crippen LogP contribution in [0.5, 0.6) is 0 Å². The molecule has 1 aromatic carbocycles. The van der Waals surface area contributed by atoms with Crippen LogP contribution in [0.4, 0.5) is 0 Å². The number of amides is 1. The summed E-state index contributed by atoms with van der Waals surface area (Å²) in [5.41, 5.74) is 3.83. The van der Waals surface area contributed by atoms with Crippen LogP contribution < -0.4 is 10.9 Å². The molecule has 1 aliphatic heterocycles. The maximum absolute atomic E-state index is 13.1. The number of hydrogen-bond donors (Lipinski definition) is 1. The van der Waals surface area contributed by atoms with Crippen molar-refractivity contribution in [3.8, 4) is 5.69 Å². The monoisotopic (exact) mass is 395 g/mol. The lowest BCUT2D eigenvalue weighted by molar-refractivity contribution is -0.122. The number of nitrogens with one attached hydrogen (secondary N) is 1. The van der Waals surface area contributed by atoms with E-state index in [1.807, 2.05) is 39.0 Å². The number of fused-ring (bicyclic) bond motifs is 1. The lowest BCUT2D eigenvalue weighted by Gasteiger charge is -2.12. The van der Waals surface area contributed by atoms with Crippen LogP contribution >= 0.6 is 0 Å². The third-order valence-electron chi connectivity index (χ3n) is 5.45. The molecule has 1 amide bonds. The van der Waals surface area contributed by atoms with E-state index in [0.29, 0.717) is 23.1 Å². The van der Waals surface area contributed by atoms with E-state index < -0.39 is 0 Å². The molecule has 3 heterocycles. The fraction of sp³-hybridized carbons (Fsp3) is 0.429. The Morgan fingerprint density at radius 3 is 2.83 bits per heavy atom. The van der Waals surface area contributed by atoms with E-state index in [4.69, 9.17) is 4.74 Å². The Bertz CT molecular complexity index is 1130. The maximum atomic E-state index is 13.1. The largest absolute Gasteiger partial charge is 0.376 e. The molecular weight excluding hydrogens is 370 g/mol. The third kappa shape index (κ3) is 3.80. The molecule has 1 aliphatic rings. The van der Waals surface area contributed by atoms with Crippen molar-refractivity contribution in [3.05, 3.63) is 51.6 Å². The first-order chi connectivity index (χ1) is 13.9. The van der Waals surface area contributed by atoms with Gasteiger partial charge < -0.3 is 10.1 Å². The van der Waals surface area contributed by atoms with Crippen molar-refractivity contribution in [2.45, 2.75) is 46.3 Å². The van der Waals surface area contributed by atoms with E-state index in [0.717, 1.165) is 30.7 Å². The van der Waals surface area contributed by atoms with Gasteiger partial charge in [-0.25, -0.2) is 9.36 Å². The van der Waals surface area contributed by atoms with Crippen molar-refractivity contribution in [3.63, 3.8) is 0 Å². The zero-order chi connectivity index (χ0) is 20.5. The van der Waals surface area contributed by atoms with Gasteiger partial charge in [-0.2, -0.15) is 10.2 Å². The average Bonchev–Trinajstić information content (AvgIpc) is 3.36. The number of carbonyl (C=O) groups is 1. The van der Waals surface area contributed by atoms with Crippen molar-refractivity contribution >= 4 is 16.8 Å². The molecule has 0 aliphatic carbocycles. The standard InChI is InChI=1S/C21H25N5O3/c1-13-6-7-16(9-14(13)2)26-20-18(11-23-26)15(3)24-25(21(20)28)12-19(27)22-10-17-5-4-8-29-17/h6-7,9,11,17H,4-5,8,10,12H2,1-3H3,(H,22,27). The molecule has 152 valence electrons. The Labute approximate surface area is 168 Å². The fourth-order valence-electron chi connectivity index (χ4n) is 3.61. The highest BCUT2D eigenvalue weighted by Gasteiger charge is 2.19. The van der Waals surface area contributed by atoms with Crippen molar-refractivity contribution in [1.82, 2.24) is 24.9 Å². The quantitative estimate of drug-likeness (QED) is 0.711. The summed E-state index contributed by atoms with van der Waals surface area (Å²) in [6.45, 7) is 6.93. The van der Waals surface area contributed by atoms with Crippen LogP contribution in [-0.4, -0.2) is 44.7 Å². The first-order valence-electron chi connectivity index (χ1n) is 9.85. The van der Waals surface area contributed by atoms with E-state index >= 15 is 0 Å². The Hall–Kier alpha value is -3.00. The summed E-state index contributed by atoms with van der Waals surface area (Å²) in [5.74, 6) is -0.258. The molecule has 0 radical (unpaired) electrons. The van der Waals surface area contributed by atoms with E-state index in [9.17, 15) is 9.59 Å². The van der Waals surface area contributed by atoms with E-state index in [-0.39, 0.29) is 24.1 Å². The average molecular weight is 395 g/mol. The number of hydrogen-bond acceptors (Lipinski definition) is 5. The van der Waals surface area contributed by atoms with Crippen molar-refractivity contribution < 1.29 is 9.53 Å². The molecule has 2 aromatic heterocycles. The Kier molecular flexibility index (Phi) is 5.19. The number of benzene rings is 1. The maximum Gasteiger partial charge on any atom is 0.293 e. The minimum atomic E-state index is -0.339. The Balaban J connectivity index is 1.65. The number of nitrogens with zero attached hydrogens (tertiary/aromatic N) is 4. The van der Waals surface area contributed by atoms with Gasteiger partial charge >= 0.3 is 0 Å². The molecule has 8 heteroatoms. The van der Waals surface area contributed by atoms with Gasteiger partial charge in [-0.05, 0) is 56.9 Å². The summed E-state index contributed by atoms with van der Waals surface area (Å²) in [4.78, 5) is 25.5. The van der Waals surface area contributed by atoms with Crippen molar-refractivity contribution in [2.24, 2.45) is 0 Å². The van der Waals surface area contributed by atoms with Gasteiger partial charge in [0.25, 0.3) is 5.56 Å². The van der Waals surface area contributed by atoms with Crippen molar-refractivity contribution in [2.75, 3.05) is 13.2 Å². The summed E-state index contributed by atoms with van der Waals surface area (Å²) in [6.07, 6.45) is 3.66. The molecule has 0 spiro atoms. The van der Waals surface area contributed by atoms with Gasteiger partial charge in [0.05, 0.1) is 23.7 Å². The summed E-state index contributed by atoms with van der Waals surface area (Å²) in [6, 6.07) is 5.93. The van der Waals surface area contributed by atoms with Gasteiger partial charge in [0.2, 0.25) is 5.91 Å². The van der Waals surface area contributed by atoms with Gasteiger partial charge in [0.1, 0.15) is 12.1 Å². The molecule has 0 saturated carbocycles. The summed E-state index contributed by atoms with van der Waals surface area (Å²) in [7, 11) is 0. The van der Waals surface area contributed by atoms with E-state index in [1.165, 1.54) is 10.2 Å². The second-order valence-corrected chi connectivity index (χ2v) is 7.57. The predicted octanol–water partition coefficient (Wildman–Crippen LogP) is 1.80. The molecule has 1 atom stereocenters. The van der Waals surface area contributed by atoms with Crippen LogP contribution in [0, 0.1) is 20.8 Å². The van der Waals surface area contributed by atoms with Gasteiger partial charge in [0, 0.05) is 18.5 Å².